The molecule has 4 rings (SSSR count). The molecule has 0 spiro atoms. The largest absolute Gasteiger partial charge is 0.462 e. The number of hydrogen-bond donors (Lipinski definition) is 7. The SMILES string of the molecule is CC(N)c1cc(NC(=O)COCCOCCN)ccc1C(=O)OCCCCC(=O)NCC#Cc1cn([C@H](O)C[C@H](CC=O)OC(=O)c2ccccc2C(C)N)c2ncnc(N)c12. The highest BCUT2D eigenvalue weighted by Crippen LogP contribution is 2.28. The predicted molar refractivity (Wildman–Crippen MR) is 229 cm³/mol. The first-order valence-corrected chi connectivity index (χ1v) is 20.1. The highest BCUT2D eigenvalue weighted by Gasteiger charge is 2.25. The van der Waals surface area contributed by atoms with Gasteiger partial charge in [0.1, 0.15) is 43.0 Å². The number of aldehydes is 1. The molecule has 19 heteroatoms. The van der Waals surface area contributed by atoms with Gasteiger partial charge in [-0.1, -0.05) is 30.0 Å². The molecular formula is C43H55N9O10. The number of benzene rings is 2. The molecule has 19 nitrogen and oxygen atoms in total. The van der Waals surface area contributed by atoms with E-state index < -0.39 is 36.4 Å². The van der Waals surface area contributed by atoms with E-state index in [1.54, 1.807) is 50.2 Å². The van der Waals surface area contributed by atoms with Crippen molar-refractivity contribution in [1.82, 2.24) is 19.9 Å². The molecular weight excluding hydrogens is 803 g/mol. The second-order valence-electron chi connectivity index (χ2n) is 14.2. The van der Waals surface area contributed by atoms with E-state index in [2.05, 4.69) is 32.4 Å². The molecule has 0 saturated carbocycles. The van der Waals surface area contributed by atoms with Crippen molar-refractivity contribution >= 4 is 52.6 Å². The molecule has 0 aliphatic rings. The standard InChI is InChI=1S/C43H55N9O10/c1-27(45)32-9-3-4-10-33(32)43(58)62-31(14-17-53)23-38(56)52-24-29(39-40(47)49-26-50-41(39)52)8-7-16-48-36(54)11-5-6-18-61-42(57)34-13-12-30(22-35(34)28(2)46)51-37(55)25-60-21-20-59-19-15-44/h3-4,9-10,12-13,17,22,24,26-28,31,38,56H,5-6,11,14-16,18-21,23,25,44-46H2,1-2H3,(H,48,54)(H,51,55)(H2,47,49,50)/t27?,28?,31-,38+/m0/s1. The summed E-state index contributed by atoms with van der Waals surface area (Å²) in [7, 11) is 0. The second-order valence-corrected chi connectivity index (χ2v) is 14.2. The van der Waals surface area contributed by atoms with Crippen LogP contribution in [-0.4, -0.2) is 102 Å². The third-order valence-corrected chi connectivity index (χ3v) is 9.28. The van der Waals surface area contributed by atoms with Crippen molar-refractivity contribution in [1.29, 1.82) is 0 Å². The maximum Gasteiger partial charge on any atom is 0.338 e. The van der Waals surface area contributed by atoms with Crippen LogP contribution in [0.15, 0.2) is 55.0 Å². The Balaban J connectivity index is 1.25. The summed E-state index contributed by atoms with van der Waals surface area (Å²) in [5.74, 6) is 4.01. The first-order valence-electron chi connectivity index (χ1n) is 20.1. The number of nitrogens with one attached hydrogen (secondary N) is 2. The van der Waals surface area contributed by atoms with Crippen LogP contribution < -0.4 is 33.6 Å². The Kier molecular flexibility index (Phi) is 19.4. The third-order valence-electron chi connectivity index (χ3n) is 9.28. The van der Waals surface area contributed by atoms with Crippen LogP contribution in [0.4, 0.5) is 11.5 Å². The van der Waals surface area contributed by atoms with Crippen molar-refractivity contribution < 1.29 is 48.0 Å². The van der Waals surface area contributed by atoms with Crippen molar-refractivity contribution in [2.75, 3.05) is 57.2 Å². The molecule has 332 valence electrons. The van der Waals surface area contributed by atoms with Crippen molar-refractivity contribution in [2.24, 2.45) is 17.2 Å². The van der Waals surface area contributed by atoms with E-state index in [1.807, 2.05) is 0 Å². The Bertz CT molecular complexity index is 2220. The Hall–Kier alpha value is -6.27. The number of carbonyl (C=O) groups excluding carboxylic acids is 5. The fraction of sp³-hybridized carbons (Fsp3) is 0.419. The van der Waals surface area contributed by atoms with E-state index in [4.69, 9.17) is 41.9 Å². The average Bonchev–Trinajstić information content (AvgIpc) is 3.63. The maximum atomic E-state index is 13.1. The summed E-state index contributed by atoms with van der Waals surface area (Å²) >= 11 is 0. The van der Waals surface area contributed by atoms with Gasteiger partial charge in [0.15, 0.2) is 0 Å². The number of nitrogen functional groups attached to an aromatic ring is 1. The number of unbranched alkanes of at least 4 members (excludes halogenated alkanes) is 1. The van der Waals surface area contributed by atoms with E-state index in [0.29, 0.717) is 66.7 Å². The summed E-state index contributed by atoms with van der Waals surface area (Å²) in [5.41, 5.74) is 26.3. The highest BCUT2D eigenvalue weighted by molar-refractivity contribution is 5.95. The quantitative estimate of drug-likeness (QED) is 0.0230. The molecule has 0 fully saturated rings. The van der Waals surface area contributed by atoms with E-state index in [0.717, 1.165) is 0 Å². The number of aliphatic hydroxyl groups is 1. The fourth-order valence-electron chi connectivity index (χ4n) is 6.24. The number of ether oxygens (including phenoxy) is 4. The minimum atomic E-state index is -1.31. The van der Waals surface area contributed by atoms with Crippen LogP contribution in [0.25, 0.3) is 11.0 Å². The summed E-state index contributed by atoms with van der Waals surface area (Å²) < 4.78 is 23.0. The van der Waals surface area contributed by atoms with E-state index in [-0.39, 0.29) is 80.0 Å². The highest BCUT2D eigenvalue weighted by atomic mass is 16.5. The molecule has 4 aromatic rings. The van der Waals surface area contributed by atoms with Crippen LogP contribution in [0, 0.1) is 11.8 Å². The number of fused-ring (bicyclic) bond motifs is 1. The Labute approximate surface area is 359 Å². The minimum absolute atomic E-state index is 0.00931. The number of carbonyl (C=O) groups is 5. The van der Waals surface area contributed by atoms with E-state index in [9.17, 15) is 29.1 Å². The zero-order chi connectivity index (χ0) is 45.0. The van der Waals surface area contributed by atoms with Crippen LogP contribution >= 0.6 is 0 Å². The summed E-state index contributed by atoms with van der Waals surface area (Å²) in [5, 5.41) is 17.1. The number of nitrogens with two attached hydrogens (primary N) is 4. The number of esters is 2. The molecule has 0 aliphatic carbocycles. The molecule has 0 bridgehead atoms. The summed E-state index contributed by atoms with van der Waals surface area (Å²) in [6.45, 7) is 4.69. The molecule has 2 amide bonds. The second kappa shape index (κ2) is 24.9. The molecule has 2 aromatic carbocycles. The Morgan fingerprint density at radius 1 is 0.919 bits per heavy atom. The molecule has 0 aliphatic heterocycles. The number of aliphatic hydroxyl groups excluding tert-OH is 1. The minimum Gasteiger partial charge on any atom is -0.462 e. The number of hydrogen-bond acceptors (Lipinski definition) is 16. The summed E-state index contributed by atoms with van der Waals surface area (Å²) in [6.07, 6.45) is 1.72. The lowest BCUT2D eigenvalue weighted by molar-refractivity contribution is -0.121. The van der Waals surface area contributed by atoms with Gasteiger partial charge in [-0.15, -0.1) is 0 Å². The van der Waals surface area contributed by atoms with E-state index in [1.165, 1.54) is 23.2 Å². The molecule has 2 aromatic heterocycles. The smallest absolute Gasteiger partial charge is 0.338 e. The van der Waals surface area contributed by atoms with Crippen molar-refractivity contribution in [3.05, 3.63) is 82.8 Å². The van der Waals surface area contributed by atoms with Gasteiger partial charge in [0, 0.05) is 49.8 Å². The molecule has 0 saturated heterocycles. The number of nitrogens with zero attached hydrogens (tertiary/aromatic N) is 3. The van der Waals surface area contributed by atoms with Crippen LogP contribution in [0.1, 0.15) is 102 Å². The topological polar surface area (TPSA) is 301 Å². The van der Waals surface area contributed by atoms with Gasteiger partial charge in [-0.3, -0.25) is 9.59 Å². The van der Waals surface area contributed by atoms with Gasteiger partial charge in [0.05, 0.1) is 55.0 Å². The fourth-order valence-corrected chi connectivity index (χ4v) is 6.24. The zero-order valence-electron chi connectivity index (χ0n) is 34.8. The predicted octanol–water partition coefficient (Wildman–Crippen LogP) is 2.17. The van der Waals surface area contributed by atoms with Gasteiger partial charge in [-0.2, -0.15) is 0 Å². The lowest BCUT2D eigenvalue weighted by Crippen LogP contribution is -2.25. The van der Waals surface area contributed by atoms with Gasteiger partial charge in [-0.05, 0) is 62.1 Å². The first kappa shape index (κ1) is 48.4. The normalized spacial score (nSPS) is 12.9. The molecule has 0 radical (unpaired) electrons. The number of rotatable bonds is 24. The molecule has 62 heavy (non-hydrogen) atoms. The Morgan fingerprint density at radius 2 is 1.66 bits per heavy atom. The van der Waals surface area contributed by atoms with Gasteiger partial charge < -0.3 is 67.0 Å². The third kappa shape index (κ3) is 14.4. The maximum absolute atomic E-state index is 13.1. The van der Waals surface area contributed by atoms with E-state index >= 15 is 0 Å². The van der Waals surface area contributed by atoms with Crippen molar-refractivity contribution in [3.8, 4) is 11.8 Å². The molecule has 11 N–H and O–H groups in total. The lowest BCUT2D eigenvalue weighted by atomic mass is 10.0. The van der Waals surface area contributed by atoms with Crippen LogP contribution in [0.3, 0.4) is 0 Å². The number of anilines is 2. The molecule has 2 heterocycles. The van der Waals surface area contributed by atoms with Gasteiger partial charge in [0.2, 0.25) is 11.8 Å². The number of amides is 2. The van der Waals surface area contributed by atoms with Crippen LogP contribution in [0.5, 0.6) is 0 Å². The van der Waals surface area contributed by atoms with Gasteiger partial charge >= 0.3 is 11.9 Å². The zero-order valence-corrected chi connectivity index (χ0v) is 34.8. The van der Waals surface area contributed by atoms with Crippen molar-refractivity contribution in [2.45, 2.75) is 70.4 Å². The average molecular weight is 858 g/mol. The number of aromatic nitrogens is 3. The lowest BCUT2D eigenvalue weighted by Gasteiger charge is -2.21. The van der Waals surface area contributed by atoms with Gasteiger partial charge in [0.25, 0.3) is 0 Å². The first-order chi connectivity index (χ1) is 29.8. The molecule has 2 unspecified atom stereocenters. The van der Waals surface area contributed by atoms with Gasteiger partial charge in [-0.25, -0.2) is 19.6 Å². The van der Waals surface area contributed by atoms with Crippen LogP contribution in [-0.2, 0) is 33.3 Å². The summed E-state index contributed by atoms with van der Waals surface area (Å²) in [4.78, 5) is 70.7. The Morgan fingerprint density at radius 3 is 2.40 bits per heavy atom. The van der Waals surface area contributed by atoms with Crippen molar-refractivity contribution in [3.63, 3.8) is 0 Å². The molecule has 4 atom stereocenters. The van der Waals surface area contributed by atoms with Crippen LogP contribution in [0.2, 0.25) is 0 Å². The monoisotopic (exact) mass is 857 g/mol. The summed E-state index contributed by atoms with van der Waals surface area (Å²) in [6, 6.07) is 10.5.